The van der Waals surface area contributed by atoms with Crippen molar-refractivity contribution in [3.8, 4) is 0 Å². The van der Waals surface area contributed by atoms with Gasteiger partial charge in [0.2, 0.25) is 0 Å². The Hall–Kier alpha value is -1.56. The molecule has 1 N–H and O–H groups in total. The van der Waals surface area contributed by atoms with Crippen LogP contribution < -0.4 is 5.32 Å². The van der Waals surface area contributed by atoms with Gasteiger partial charge in [-0.05, 0) is 36.3 Å². The van der Waals surface area contributed by atoms with Crippen molar-refractivity contribution >= 4 is 15.9 Å². The summed E-state index contributed by atoms with van der Waals surface area (Å²) in [5.41, 5.74) is 1.67. The number of hydrogen-bond donors (Lipinski definition) is 1. The molecule has 1 heterocycles. The lowest BCUT2D eigenvalue weighted by Gasteiger charge is -2.21. The van der Waals surface area contributed by atoms with Gasteiger partial charge in [0.05, 0.1) is 5.75 Å². The smallest absolute Gasteiger partial charge is 0.317 e. The maximum absolute atomic E-state index is 12.3. The molecule has 0 aliphatic carbocycles. The van der Waals surface area contributed by atoms with Gasteiger partial charge < -0.3 is 10.2 Å². The molecule has 1 atom stereocenters. The lowest BCUT2D eigenvalue weighted by molar-refractivity contribution is 0.199. The van der Waals surface area contributed by atoms with E-state index >= 15 is 0 Å². The van der Waals surface area contributed by atoms with E-state index < -0.39 is 9.84 Å². The number of carbonyl (C=O) groups excluding carboxylic acids is 1. The first kappa shape index (κ1) is 17.8. The van der Waals surface area contributed by atoms with E-state index in [0.29, 0.717) is 12.5 Å². The van der Waals surface area contributed by atoms with Gasteiger partial charge >= 0.3 is 6.03 Å². The monoisotopic (exact) mass is 338 g/mol. The largest absolute Gasteiger partial charge is 0.334 e. The summed E-state index contributed by atoms with van der Waals surface area (Å²) in [6.45, 7) is 4.27. The van der Waals surface area contributed by atoms with Crippen LogP contribution in [0.1, 0.15) is 37.3 Å². The number of rotatable bonds is 4. The molecule has 2 amide bonds. The Kier molecular flexibility index (Phi) is 6.04. The minimum absolute atomic E-state index is 0.0266. The van der Waals surface area contributed by atoms with Crippen LogP contribution in [0.2, 0.25) is 0 Å². The second kappa shape index (κ2) is 7.81. The molecule has 128 valence electrons. The Labute approximate surface area is 139 Å². The molecule has 1 aromatic rings. The molecule has 5 nitrogen and oxygen atoms in total. The standard InChI is InChI=1S/C17H26N2O3S/c1-14-5-4-9-19(10-8-14)17(20)18-12-15-6-3-7-16(11-15)13-23(2,21)22/h3,6-7,11,14H,4-5,8-10,12-13H2,1-2H3,(H,18,20)/t14-/m0/s1. The van der Waals surface area contributed by atoms with Crippen LogP contribution >= 0.6 is 0 Å². The number of benzene rings is 1. The Bertz CT molecular complexity index is 643. The highest BCUT2D eigenvalue weighted by atomic mass is 32.2. The van der Waals surface area contributed by atoms with E-state index in [4.69, 9.17) is 0 Å². The fraction of sp³-hybridized carbons (Fsp3) is 0.588. The predicted molar refractivity (Wildman–Crippen MR) is 91.8 cm³/mol. The van der Waals surface area contributed by atoms with E-state index in [2.05, 4.69) is 12.2 Å². The topological polar surface area (TPSA) is 66.5 Å². The lowest BCUT2D eigenvalue weighted by atomic mass is 10.0. The number of nitrogens with zero attached hydrogens (tertiary/aromatic N) is 1. The maximum atomic E-state index is 12.3. The molecule has 1 saturated heterocycles. The fourth-order valence-electron chi connectivity index (χ4n) is 2.89. The zero-order valence-electron chi connectivity index (χ0n) is 13.9. The Morgan fingerprint density at radius 3 is 2.74 bits per heavy atom. The molecule has 0 spiro atoms. The highest BCUT2D eigenvalue weighted by molar-refractivity contribution is 7.89. The van der Waals surface area contributed by atoms with Crippen molar-refractivity contribution in [3.05, 3.63) is 35.4 Å². The normalized spacial score (nSPS) is 19.2. The Balaban J connectivity index is 1.90. The molecule has 6 heteroatoms. The van der Waals surface area contributed by atoms with Gasteiger partial charge in [-0.3, -0.25) is 0 Å². The average molecular weight is 338 g/mol. The van der Waals surface area contributed by atoms with Crippen molar-refractivity contribution in [3.63, 3.8) is 0 Å². The van der Waals surface area contributed by atoms with Crippen LogP contribution in [0.25, 0.3) is 0 Å². The minimum atomic E-state index is -3.05. The van der Waals surface area contributed by atoms with E-state index in [0.717, 1.165) is 37.1 Å². The van der Waals surface area contributed by atoms with Crippen LogP contribution in [0.3, 0.4) is 0 Å². The summed E-state index contributed by atoms with van der Waals surface area (Å²) in [4.78, 5) is 14.1. The summed E-state index contributed by atoms with van der Waals surface area (Å²) in [5, 5.41) is 2.94. The minimum Gasteiger partial charge on any atom is -0.334 e. The molecule has 0 radical (unpaired) electrons. The highest BCUT2D eigenvalue weighted by Crippen LogP contribution is 2.16. The van der Waals surface area contributed by atoms with Gasteiger partial charge in [-0.15, -0.1) is 0 Å². The molecule has 0 aromatic heterocycles. The third kappa shape index (κ3) is 6.22. The summed E-state index contributed by atoms with van der Waals surface area (Å²) < 4.78 is 22.7. The Morgan fingerprint density at radius 2 is 2.00 bits per heavy atom. The molecule has 0 bridgehead atoms. The molecule has 0 saturated carbocycles. The molecular weight excluding hydrogens is 312 g/mol. The first-order valence-corrected chi connectivity index (χ1v) is 10.2. The highest BCUT2D eigenvalue weighted by Gasteiger charge is 2.18. The zero-order valence-corrected chi connectivity index (χ0v) is 14.7. The maximum Gasteiger partial charge on any atom is 0.317 e. The number of carbonyl (C=O) groups is 1. The first-order chi connectivity index (χ1) is 10.8. The van der Waals surface area contributed by atoms with E-state index in [1.54, 1.807) is 6.07 Å². The summed E-state index contributed by atoms with van der Waals surface area (Å²) in [5.74, 6) is 0.708. The molecule has 1 fully saturated rings. The van der Waals surface area contributed by atoms with E-state index in [9.17, 15) is 13.2 Å². The van der Waals surface area contributed by atoms with Gasteiger partial charge in [0.15, 0.2) is 9.84 Å². The van der Waals surface area contributed by atoms with E-state index in [1.165, 1.54) is 12.7 Å². The van der Waals surface area contributed by atoms with Crippen LogP contribution in [-0.2, 0) is 22.1 Å². The number of likely N-dealkylation sites (tertiary alicyclic amines) is 1. The molecule has 1 aliphatic rings. The quantitative estimate of drug-likeness (QED) is 0.917. The van der Waals surface area contributed by atoms with Gasteiger partial charge in [0.1, 0.15) is 0 Å². The van der Waals surface area contributed by atoms with Crippen LogP contribution in [-0.4, -0.2) is 38.7 Å². The average Bonchev–Trinajstić information content (AvgIpc) is 2.68. The number of nitrogens with one attached hydrogen (secondary N) is 1. The van der Waals surface area contributed by atoms with E-state index in [-0.39, 0.29) is 11.8 Å². The van der Waals surface area contributed by atoms with Crippen LogP contribution in [0.4, 0.5) is 4.79 Å². The van der Waals surface area contributed by atoms with Crippen molar-refractivity contribution in [2.45, 2.75) is 38.5 Å². The van der Waals surface area contributed by atoms with Crippen LogP contribution in [0.5, 0.6) is 0 Å². The predicted octanol–water partition coefficient (Wildman–Crippen LogP) is 2.56. The van der Waals surface area contributed by atoms with Crippen molar-refractivity contribution in [1.29, 1.82) is 0 Å². The molecule has 2 rings (SSSR count). The van der Waals surface area contributed by atoms with Crippen molar-refractivity contribution in [2.75, 3.05) is 19.3 Å². The molecular formula is C17H26N2O3S. The molecule has 0 unspecified atom stereocenters. The van der Waals surface area contributed by atoms with Gasteiger partial charge in [-0.2, -0.15) is 0 Å². The summed E-state index contributed by atoms with van der Waals surface area (Å²) in [7, 11) is -3.05. The number of hydrogen-bond acceptors (Lipinski definition) is 3. The van der Waals surface area contributed by atoms with Crippen LogP contribution in [0.15, 0.2) is 24.3 Å². The summed E-state index contributed by atoms with van der Waals surface area (Å²) in [6, 6.07) is 7.33. The number of amides is 2. The zero-order chi connectivity index (χ0) is 16.9. The van der Waals surface area contributed by atoms with Crippen molar-refractivity contribution in [2.24, 2.45) is 5.92 Å². The lowest BCUT2D eigenvalue weighted by Crippen LogP contribution is -2.40. The fourth-order valence-corrected chi connectivity index (χ4v) is 3.67. The van der Waals surface area contributed by atoms with Crippen LogP contribution in [0, 0.1) is 5.92 Å². The SMILES string of the molecule is C[C@H]1CCCN(C(=O)NCc2cccc(CS(C)(=O)=O)c2)CC1. The van der Waals surface area contributed by atoms with E-state index in [1.807, 2.05) is 23.1 Å². The van der Waals surface area contributed by atoms with Gasteiger partial charge in [0.25, 0.3) is 0 Å². The molecule has 23 heavy (non-hydrogen) atoms. The third-order valence-electron chi connectivity index (χ3n) is 4.17. The van der Waals surface area contributed by atoms with Gasteiger partial charge in [-0.25, -0.2) is 13.2 Å². The number of sulfone groups is 1. The third-order valence-corrected chi connectivity index (χ3v) is 5.03. The second-order valence-corrected chi connectivity index (χ2v) is 8.71. The molecule has 1 aromatic carbocycles. The van der Waals surface area contributed by atoms with Crippen molar-refractivity contribution in [1.82, 2.24) is 10.2 Å². The summed E-state index contributed by atoms with van der Waals surface area (Å²) >= 11 is 0. The first-order valence-electron chi connectivity index (χ1n) is 8.12. The molecule has 1 aliphatic heterocycles. The second-order valence-electron chi connectivity index (χ2n) is 6.57. The van der Waals surface area contributed by atoms with Gasteiger partial charge in [0, 0.05) is 25.9 Å². The summed E-state index contributed by atoms with van der Waals surface area (Å²) in [6.07, 6.45) is 4.51. The van der Waals surface area contributed by atoms with Gasteiger partial charge in [-0.1, -0.05) is 31.2 Å². The Morgan fingerprint density at radius 1 is 1.26 bits per heavy atom. The van der Waals surface area contributed by atoms with Crippen molar-refractivity contribution < 1.29 is 13.2 Å². The number of urea groups is 1.